The summed E-state index contributed by atoms with van der Waals surface area (Å²) in [6.45, 7) is 4.80. The van der Waals surface area contributed by atoms with E-state index in [2.05, 4.69) is 18.8 Å². The molecule has 0 bridgehead atoms. The van der Waals surface area contributed by atoms with Gasteiger partial charge in [-0.05, 0) is 41.8 Å². The number of aliphatic imine (C=N–C) groups is 1. The molecule has 2 aromatic carbocycles. The van der Waals surface area contributed by atoms with Gasteiger partial charge in [0.15, 0.2) is 11.5 Å². The molecular weight excluding hydrogens is 462 g/mol. The second kappa shape index (κ2) is 8.43. The number of amides is 1. The Bertz CT molecular complexity index is 1310. The van der Waals surface area contributed by atoms with Crippen LogP contribution in [0.25, 0.3) is 5.70 Å². The molecule has 5 rings (SSSR count). The third-order valence-corrected chi connectivity index (χ3v) is 6.52. The number of halogens is 3. The number of carbonyl (C=O) groups excluding carboxylic acids is 1. The summed E-state index contributed by atoms with van der Waals surface area (Å²) >= 11 is 12.2. The van der Waals surface area contributed by atoms with Gasteiger partial charge in [0.25, 0.3) is 5.91 Å². The van der Waals surface area contributed by atoms with E-state index in [1.807, 2.05) is 22.9 Å². The maximum absolute atomic E-state index is 15.1. The van der Waals surface area contributed by atoms with Crippen LogP contribution in [0.1, 0.15) is 59.5 Å². The highest BCUT2D eigenvalue weighted by molar-refractivity contribution is 6.31. The number of carbonyl (C=O) groups is 1. The molecule has 1 unspecified atom stereocenters. The molecule has 0 saturated heterocycles. The topological polar surface area (TPSA) is 50.5 Å². The van der Waals surface area contributed by atoms with Gasteiger partial charge >= 0.3 is 0 Å². The zero-order valence-corrected chi connectivity index (χ0v) is 19.6. The fourth-order valence-corrected chi connectivity index (χ4v) is 4.84. The van der Waals surface area contributed by atoms with Crippen LogP contribution >= 0.6 is 23.2 Å². The van der Waals surface area contributed by atoms with E-state index >= 15 is 4.39 Å². The number of hydrogen-bond donors (Lipinski definition) is 0. The van der Waals surface area contributed by atoms with Crippen molar-refractivity contribution < 1.29 is 9.18 Å². The highest BCUT2D eigenvalue weighted by Gasteiger charge is 2.45. The fourth-order valence-electron chi connectivity index (χ4n) is 4.55. The number of rotatable bonds is 4. The van der Waals surface area contributed by atoms with E-state index in [-0.39, 0.29) is 22.5 Å². The molecule has 0 fully saturated rings. The quantitative estimate of drug-likeness (QED) is 0.425. The average molecular weight is 483 g/mol. The number of allylic oxidation sites excluding steroid dienone is 1. The van der Waals surface area contributed by atoms with E-state index in [4.69, 9.17) is 28.3 Å². The third-order valence-electron chi connectivity index (χ3n) is 5.98. The Morgan fingerprint density at radius 2 is 1.88 bits per heavy atom. The van der Waals surface area contributed by atoms with E-state index in [0.717, 1.165) is 28.9 Å². The van der Waals surface area contributed by atoms with E-state index in [1.54, 1.807) is 30.5 Å². The van der Waals surface area contributed by atoms with E-state index in [1.165, 1.54) is 11.0 Å². The number of hydrogen-bond acceptors (Lipinski definition) is 3. The molecule has 168 valence electrons. The van der Waals surface area contributed by atoms with Gasteiger partial charge in [-0.2, -0.15) is 5.10 Å². The SMILES string of the molecule is CC(C)c1c2c(nn1C1=CC=NCC1)C(=O)N(c1cccc(Cl)c1F)C2c1ccc(Cl)cc1. The van der Waals surface area contributed by atoms with Crippen molar-refractivity contribution in [2.75, 3.05) is 11.4 Å². The van der Waals surface area contributed by atoms with Crippen molar-refractivity contribution >= 4 is 46.7 Å². The number of benzene rings is 2. The van der Waals surface area contributed by atoms with Crippen molar-refractivity contribution in [1.29, 1.82) is 0 Å². The summed E-state index contributed by atoms with van der Waals surface area (Å²) < 4.78 is 17.0. The first-order chi connectivity index (χ1) is 15.9. The Kier molecular flexibility index (Phi) is 5.59. The van der Waals surface area contributed by atoms with Gasteiger partial charge in [-0.15, -0.1) is 0 Å². The Labute approximate surface area is 201 Å². The van der Waals surface area contributed by atoms with E-state index < -0.39 is 11.9 Å². The molecule has 33 heavy (non-hydrogen) atoms. The molecule has 8 heteroatoms. The first-order valence-electron chi connectivity index (χ1n) is 10.7. The lowest BCUT2D eigenvalue weighted by Crippen LogP contribution is -2.31. The van der Waals surface area contributed by atoms with Crippen LogP contribution in [-0.4, -0.2) is 28.4 Å². The van der Waals surface area contributed by atoms with Crippen LogP contribution in [-0.2, 0) is 0 Å². The zero-order valence-electron chi connectivity index (χ0n) is 18.1. The zero-order chi connectivity index (χ0) is 23.3. The minimum Gasteiger partial charge on any atom is -0.293 e. The molecule has 1 atom stereocenters. The Balaban J connectivity index is 1.77. The highest BCUT2D eigenvalue weighted by atomic mass is 35.5. The van der Waals surface area contributed by atoms with Crippen molar-refractivity contribution in [3.05, 3.63) is 86.9 Å². The van der Waals surface area contributed by atoms with Crippen LogP contribution in [0.5, 0.6) is 0 Å². The van der Waals surface area contributed by atoms with E-state index in [9.17, 15) is 4.79 Å². The van der Waals surface area contributed by atoms with E-state index in [0.29, 0.717) is 17.3 Å². The molecular formula is C25H21Cl2FN4O. The predicted molar refractivity (Wildman–Crippen MR) is 130 cm³/mol. The molecule has 0 saturated carbocycles. The van der Waals surface area contributed by atoms with Crippen molar-refractivity contribution in [3.8, 4) is 0 Å². The summed E-state index contributed by atoms with van der Waals surface area (Å²) in [6, 6.07) is 11.4. The molecule has 0 N–H and O–H groups in total. The largest absolute Gasteiger partial charge is 0.293 e. The lowest BCUT2D eigenvalue weighted by atomic mass is 9.94. The fraction of sp³-hybridized carbons (Fsp3) is 0.240. The second-order valence-electron chi connectivity index (χ2n) is 8.38. The van der Waals surface area contributed by atoms with Gasteiger partial charge in [0, 0.05) is 35.5 Å². The second-order valence-corrected chi connectivity index (χ2v) is 9.22. The molecule has 1 aromatic heterocycles. The first-order valence-corrected chi connectivity index (χ1v) is 11.5. The molecule has 5 nitrogen and oxygen atoms in total. The van der Waals surface area contributed by atoms with Crippen molar-refractivity contribution in [3.63, 3.8) is 0 Å². The van der Waals surface area contributed by atoms with Crippen LogP contribution in [0.15, 0.2) is 53.5 Å². The van der Waals surface area contributed by atoms with Crippen molar-refractivity contribution in [1.82, 2.24) is 9.78 Å². The Morgan fingerprint density at radius 1 is 1.12 bits per heavy atom. The van der Waals surface area contributed by atoms with Crippen molar-refractivity contribution in [2.45, 2.75) is 32.2 Å². The van der Waals surface area contributed by atoms with Gasteiger partial charge in [-0.25, -0.2) is 9.07 Å². The molecule has 2 aliphatic heterocycles. The van der Waals surface area contributed by atoms with Gasteiger partial charge < -0.3 is 0 Å². The summed E-state index contributed by atoms with van der Waals surface area (Å²) in [5.41, 5.74) is 3.93. The molecule has 3 aromatic rings. The number of dihydropyridines is 1. The van der Waals surface area contributed by atoms with Gasteiger partial charge in [-0.3, -0.25) is 14.7 Å². The maximum Gasteiger partial charge on any atom is 0.280 e. The smallest absolute Gasteiger partial charge is 0.280 e. The van der Waals surface area contributed by atoms with Gasteiger partial charge in [0.2, 0.25) is 0 Å². The van der Waals surface area contributed by atoms with Crippen LogP contribution in [0, 0.1) is 5.82 Å². The number of nitrogens with zero attached hydrogens (tertiary/aromatic N) is 4. The molecule has 0 spiro atoms. The monoisotopic (exact) mass is 482 g/mol. The minimum atomic E-state index is -0.637. The lowest BCUT2D eigenvalue weighted by Gasteiger charge is -2.28. The maximum atomic E-state index is 15.1. The number of anilines is 1. The Hall–Kier alpha value is -2.96. The number of fused-ring (bicyclic) bond motifs is 1. The van der Waals surface area contributed by atoms with Crippen LogP contribution < -0.4 is 4.90 Å². The molecule has 1 amide bonds. The van der Waals surface area contributed by atoms with Gasteiger partial charge in [0.1, 0.15) is 0 Å². The van der Waals surface area contributed by atoms with Crippen LogP contribution in [0.3, 0.4) is 0 Å². The predicted octanol–water partition coefficient (Wildman–Crippen LogP) is 6.52. The van der Waals surface area contributed by atoms with Crippen molar-refractivity contribution in [2.24, 2.45) is 4.99 Å². The average Bonchev–Trinajstić information content (AvgIpc) is 3.33. The standard InChI is InChI=1S/C25H21Cl2FN4O/c1-14(2)23-20-22(30-32(23)17-10-12-29-13-11-17)25(33)31(19-5-3-4-18(27)21(19)28)24(20)15-6-8-16(26)9-7-15/h3-10,12,14,24H,11,13H2,1-2H3. The summed E-state index contributed by atoms with van der Waals surface area (Å²) in [7, 11) is 0. The molecule has 2 aliphatic rings. The summed E-state index contributed by atoms with van der Waals surface area (Å²) in [5, 5.41) is 5.29. The minimum absolute atomic E-state index is 0.0412. The summed E-state index contributed by atoms with van der Waals surface area (Å²) in [5.74, 6) is -0.938. The lowest BCUT2D eigenvalue weighted by molar-refractivity contribution is 0.0987. The van der Waals surface area contributed by atoms with Gasteiger partial charge in [-0.1, -0.05) is 55.2 Å². The molecule has 3 heterocycles. The third kappa shape index (κ3) is 3.58. The Morgan fingerprint density at radius 3 is 2.55 bits per heavy atom. The molecule has 0 radical (unpaired) electrons. The van der Waals surface area contributed by atoms with Crippen LogP contribution in [0.4, 0.5) is 10.1 Å². The first kappa shape index (κ1) is 21.9. The van der Waals surface area contributed by atoms with Gasteiger partial charge in [0.05, 0.1) is 22.4 Å². The summed E-state index contributed by atoms with van der Waals surface area (Å²) in [4.78, 5) is 19.5. The number of aromatic nitrogens is 2. The normalized spacial score (nSPS) is 17.6. The molecule has 0 aliphatic carbocycles. The van der Waals surface area contributed by atoms with Crippen LogP contribution in [0.2, 0.25) is 10.0 Å². The highest BCUT2D eigenvalue weighted by Crippen LogP contribution is 2.46. The summed E-state index contributed by atoms with van der Waals surface area (Å²) in [6.07, 6.45) is 4.42.